The van der Waals surface area contributed by atoms with E-state index in [1.165, 1.54) is 5.56 Å². The molecule has 3 heterocycles. The van der Waals surface area contributed by atoms with Gasteiger partial charge in [0.1, 0.15) is 11.5 Å². The fourth-order valence-electron chi connectivity index (χ4n) is 4.32. The van der Waals surface area contributed by atoms with Crippen molar-refractivity contribution in [1.29, 1.82) is 0 Å². The molecular weight excluding hydrogens is 382 g/mol. The summed E-state index contributed by atoms with van der Waals surface area (Å²) in [7, 11) is 0. The first-order chi connectivity index (χ1) is 14.6. The predicted octanol–water partition coefficient (Wildman–Crippen LogP) is 1.44. The molecule has 8 heteroatoms. The second-order valence-electron chi connectivity index (χ2n) is 8.35. The number of nitrogens with one attached hydrogen (secondary N) is 2. The second kappa shape index (κ2) is 9.49. The molecule has 1 amide bonds. The lowest BCUT2D eigenvalue weighted by molar-refractivity contribution is -0.128. The standard InChI is InChI=1S/C22H29N5O3/c1-15-12-27(13-16-5-3-2-4-6-16)14-18(15)20-24-22(29)19(25-26-20)11-23-21(28)17-7-9-30-10-8-17/h2-6,15,17-18H,7-14H2,1H3,(H,23,28)(H,24,26,29)/t15-,18-/m1/s1. The van der Waals surface area contributed by atoms with Crippen molar-refractivity contribution < 1.29 is 9.53 Å². The van der Waals surface area contributed by atoms with Gasteiger partial charge in [0.05, 0.1) is 6.54 Å². The van der Waals surface area contributed by atoms with Gasteiger partial charge in [-0.15, -0.1) is 10.2 Å². The zero-order valence-corrected chi connectivity index (χ0v) is 17.3. The Balaban J connectivity index is 1.35. The Morgan fingerprint density at radius 3 is 2.70 bits per heavy atom. The summed E-state index contributed by atoms with van der Waals surface area (Å²) in [4.78, 5) is 30.1. The Morgan fingerprint density at radius 1 is 1.20 bits per heavy atom. The molecule has 2 saturated heterocycles. The van der Waals surface area contributed by atoms with Crippen LogP contribution in [0.4, 0.5) is 0 Å². The minimum atomic E-state index is -0.277. The molecule has 2 N–H and O–H groups in total. The van der Waals surface area contributed by atoms with E-state index in [1.807, 2.05) is 6.07 Å². The Kier molecular flexibility index (Phi) is 6.54. The molecular formula is C22H29N5O3. The van der Waals surface area contributed by atoms with Crippen LogP contribution >= 0.6 is 0 Å². The van der Waals surface area contributed by atoms with E-state index in [2.05, 4.69) is 56.6 Å². The van der Waals surface area contributed by atoms with Crippen LogP contribution in [0.1, 0.15) is 42.8 Å². The van der Waals surface area contributed by atoms with Crippen molar-refractivity contribution in [2.75, 3.05) is 26.3 Å². The van der Waals surface area contributed by atoms with Crippen LogP contribution in [0.5, 0.6) is 0 Å². The number of aromatic amines is 1. The average molecular weight is 412 g/mol. The van der Waals surface area contributed by atoms with Crippen molar-refractivity contribution in [3.63, 3.8) is 0 Å². The summed E-state index contributed by atoms with van der Waals surface area (Å²) >= 11 is 0. The van der Waals surface area contributed by atoms with Crippen molar-refractivity contribution in [2.45, 2.75) is 38.8 Å². The van der Waals surface area contributed by atoms with Gasteiger partial charge in [-0.25, -0.2) is 0 Å². The van der Waals surface area contributed by atoms with Crippen molar-refractivity contribution in [1.82, 2.24) is 25.4 Å². The van der Waals surface area contributed by atoms with Gasteiger partial charge < -0.3 is 15.0 Å². The molecule has 2 aromatic rings. The molecule has 0 aliphatic carbocycles. The van der Waals surface area contributed by atoms with E-state index in [4.69, 9.17) is 4.74 Å². The first-order valence-electron chi connectivity index (χ1n) is 10.7. The molecule has 30 heavy (non-hydrogen) atoms. The topological polar surface area (TPSA) is 100 Å². The van der Waals surface area contributed by atoms with E-state index in [1.54, 1.807) is 0 Å². The molecule has 2 fully saturated rings. The highest BCUT2D eigenvalue weighted by atomic mass is 16.5. The maximum Gasteiger partial charge on any atom is 0.274 e. The number of hydrogen-bond donors (Lipinski definition) is 2. The number of hydrogen-bond acceptors (Lipinski definition) is 6. The fourth-order valence-corrected chi connectivity index (χ4v) is 4.32. The normalized spacial score (nSPS) is 22.8. The quantitative estimate of drug-likeness (QED) is 0.746. The zero-order valence-electron chi connectivity index (χ0n) is 17.3. The number of nitrogens with zero attached hydrogens (tertiary/aromatic N) is 3. The number of ether oxygens (including phenoxy) is 1. The molecule has 0 bridgehead atoms. The predicted molar refractivity (Wildman–Crippen MR) is 112 cm³/mol. The molecule has 2 aliphatic rings. The molecule has 0 unspecified atom stereocenters. The SMILES string of the molecule is C[C@@H]1CN(Cc2ccccc2)C[C@H]1c1nnc(CNC(=O)C2CCOCC2)c(=O)[nH]1. The molecule has 4 rings (SSSR count). The maximum atomic E-state index is 12.5. The summed E-state index contributed by atoms with van der Waals surface area (Å²) in [5.41, 5.74) is 1.24. The largest absolute Gasteiger partial charge is 0.381 e. The number of amides is 1. The van der Waals surface area contributed by atoms with Crippen molar-refractivity contribution in [2.24, 2.45) is 11.8 Å². The average Bonchev–Trinajstić information content (AvgIpc) is 3.13. The maximum absolute atomic E-state index is 12.5. The van der Waals surface area contributed by atoms with Crippen molar-refractivity contribution >= 4 is 5.91 Å². The highest BCUT2D eigenvalue weighted by Crippen LogP contribution is 2.30. The lowest BCUT2D eigenvalue weighted by Crippen LogP contribution is -2.36. The molecule has 2 aliphatic heterocycles. The smallest absolute Gasteiger partial charge is 0.274 e. The van der Waals surface area contributed by atoms with Crippen LogP contribution in [0, 0.1) is 11.8 Å². The van der Waals surface area contributed by atoms with Gasteiger partial charge in [0, 0.05) is 44.7 Å². The molecule has 1 aromatic carbocycles. The number of H-pyrrole nitrogens is 1. The number of likely N-dealkylation sites (tertiary alicyclic amines) is 1. The van der Waals surface area contributed by atoms with Gasteiger partial charge in [-0.1, -0.05) is 37.3 Å². The summed E-state index contributed by atoms with van der Waals surface area (Å²) in [6.07, 6.45) is 1.43. The van der Waals surface area contributed by atoms with E-state index in [9.17, 15) is 9.59 Å². The van der Waals surface area contributed by atoms with Gasteiger partial charge in [-0.3, -0.25) is 14.5 Å². The molecule has 0 radical (unpaired) electrons. The summed E-state index contributed by atoms with van der Waals surface area (Å²) in [5, 5.41) is 11.2. The number of carbonyl (C=O) groups excluding carboxylic acids is 1. The third-order valence-electron chi connectivity index (χ3n) is 6.09. The number of rotatable bonds is 6. The van der Waals surface area contributed by atoms with E-state index in [-0.39, 0.29) is 35.5 Å². The van der Waals surface area contributed by atoms with Gasteiger partial charge in [0.2, 0.25) is 5.91 Å². The Morgan fingerprint density at radius 2 is 1.97 bits per heavy atom. The summed E-state index contributed by atoms with van der Waals surface area (Å²) in [6.45, 7) is 6.15. The summed E-state index contributed by atoms with van der Waals surface area (Å²) in [6, 6.07) is 10.4. The van der Waals surface area contributed by atoms with Crippen LogP contribution in [0.15, 0.2) is 35.1 Å². The van der Waals surface area contributed by atoms with Crippen LogP contribution in [0.3, 0.4) is 0 Å². The van der Waals surface area contributed by atoms with E-state index in [0.717, 1.165) is 19.6 Å². The first-order valence-corrected chi connectivity index (χ1v) is 10.7. The lowest BCUT2D eigenvalue weighted by atomic mass is 9.97. The van der Waals surface area contributed by atoms with Crippen LogP contribution in [-0.4, -0.2) is 52.3 Å². The number of benzene rings is 1. The second-order valence-corrected chi connectivity index (χ2v) is 8.35. The van der Waals surface area contributed by atoms with E-state index in [0.29, 0.717) is 37.8 Å². The van der Waals surface area contributed by atoms with Crippen LogP contribution in [0.25, 0.3) is 0 Å². The van der Waals surface area contributed by atoms with Crippen molar-refractivity contribution in [3.05, 3.63) is 57.8 Å². The number of carbonyl (C=O) groups is 1. The first kappa shape index (κ1) is 20.7. The van der Waals surface area contributed by atoms with Gasteiger partial charge in [0.25, 0.3) is 5.56 Å². The summed E-state index contributed by atoms with van der Waals surface area (Å²) < 4.78 is 5.28. The molecule has 2 atom stereocenters. The number of aromatic nitrogens is 3. The third kappa shape index (κ3) is 4.94. The fraction of sp³-hybridized carbons (Fsp3) is 0.545. The van der Waals surface area contributed by atoms with E-state index >= 15 is 0 Å². The van der Waals surface area contributed by atoms with Gasteiger partial charge >= 0.3 is 0 Å². The molecule has 1 aromatic heterocycles. The highest BCUT2D eigenvalue weighted by molar-refractivity contribution is 5.78. The van der Waals surface area contributed by atoms with Crippen LogP contribution < -0.4 is 10.9 Å². The van der Waals surface area contributed by atoms with Crippen LogP contribution in [0.2, 0.25) is 0 Å². The van der Waals surface area contributed by atoms with E-state index < -0.39 is 0 Å². The third-order valence-corrected chi connectivity index (χ3v) is 6.09. The monoisotopic (exact) mass is 411 g/mol. The molecule has 8 nitrogen and oxygen atoms in total. The summed E-state index contributed by atoms with van der Waals surface area (Å²) in [5.74, 6) is 1.03. The molecule has 0 saturated carbocycles. The minimum Gasteiger partial charge on any atom is -0.381 e. The molecule has 160 valence electrons. The van der Waals surface area contributed by atoms with Gasteiger partial charge in [0.15, 0.2) is 0 Å². The van der Waals surface area contributed by atoms with Gasteiger partial charge in [-0.2, -0.15) is 0 Å². The van der Waals surface area contributed by atoms with Crippen molar-refractivity contribution in [3.8, 4) is 0 Å². The lowest BCUT2D eigenvalue weighted by Gasteiger charge is -2.21. The van der Waals surface area contributed by atoms with Gasteiger partial charge in [-0.05, 0) is 24.3 Å². The minimum absolute atomic E-state index is 0.0513. The van der Waals surface area contributed by atoms with Crippen LogP contribution in [-0.2, 0) is 22.6 Å². The Labute approximate surface area is 176 Å². The Hall–Kier alpha value is -2.58. The zero-order chi connectivity index (χ0) is 20.9. The highest BCUT2D eigenvalue weighted by Gasteiger charge is 2.33. The Bertz CT molecular complexity index is 910. The molecule has 0 spiro atoms.